The minimum Gasteiger partial charge on any atom is -0.490 e. The SMILES string of the molecule is CN1C(=O)C(C)(C)COc2ccc(NC(=O)c3cccs3)cc21. The summed E-state index contributed by atoms with van der Waals surface area (Å²) in [4.78, 5) is 26.9. The Kier molecular flexibility index (Phi) is 3.85. The second-order valence-corrected chi connectivity index (χ2v) is 7.10. The van der Waals surface area contributed by atoms with Crippen molar-refractivity contribution < 1.29 is 14.3 Å². The second-order valence-electron chi connectivity index (χ2n) is 6.15. The predicted octanol–water partition coefficient (Wildman–Crippen LogP) is 3.38. The fourth-order valence-corrected chi connectivity index (χ4v) is 3.08. The lowest BCUT2D eigenvalue weighted by Crippen LogP contribution is -2.39. The lowest BCUT2D eigenvalue weighted by Gasteiger charge is -2.24. The minimum absolute atomic E-state index is 0.0158. The van der Waals surface area contributed by atoms with E-state index in [2.05, 4.69) is 5.32 Å². The van der Waals surface area contributed by atoms with Crippen molar-refractivity contribution in [3.63, 3.8) is 0 Å². The number of nitrogens with zero attached hydrogens (tertiary/aromatic N) is 1. The van der Waals surface area contributed by atoms with Crippen molar-refractivity contribution in [2.45, 2.75) is 13.8 Å². The molecular weight excluding hydrogens is 312 g/mol. The molecular formula is C17H18N2O3S. The summed E-state index contributed by atoms with van der Waals surface area (Å²) in [5.74, 6) is 0.460. The molecule has 1 aliphatic rings. The van der Waals surface area contributed by atoms with Gasteiger partial charge < -0.3 is 15.0 Å². The Balaban J connectivity index is 1.89. The van der Waals surface area contributed by atoms with Gasteiger partial charge in [-0.2, -0.15) is 0 Å². The molecule has 1 aromatic heterocycles. The van der Waals surface area contributed by atoms with Crippen LogP contribution < -0.4 is 15.0 Å². The summed E-state index contributed by atoms with van der Waals surface area (Å²) < 4.78 is 5.76. The van der Waals surface area contributed by atoms with E-state index in [1.807, 2.05) is 25.3 Å². The molecule has 6 heteroatoms. The van der Waals surface area contributed by atoms with Crippen LogP contribution in [0, 0.1) is 5.41 Å². The van der Waals surface area contributed by atoms with E-state index in [0.717, 1.165) is 0 Å². The number of thiophene rings is 1. The van der Waals surface area contributed by atoms with Crippen molar-refractivity contribution in [1.29, 1.82) is 0 Å². The van der Waals surface area contributed by atoms with Crippen LogP contribution in [0.4, 0.5) is 11.4 Å². The van der Waals surface area contributed by atoms with Gasteiger partial charge in [-0.15, -0.1) is 11.3 Å². The molecule has 0 saturated carbocycles. The first-order valence-corrected chi connectivity index (χ1v) is 8.16. The van der Waals surface area contributed by atoms with E-state index in [-0.39, 0.29) is 11.8 Å². The molecule has 0 unspecified atom stereocenters. The van der Waals surface area contributed by atoms with Crippen molar-refractivity contribution >= 4 is 34.5 Å². The Morgan fingerprint density at radius 3 is 2.83 bits per heavy atom. The Hall–Kier alpha value is -2.34. The van der Waals surface area contributed by atoms with E-state index in [1.165, 1.54) is 11.3 Å². The highest BCUT2D eigenvalue weighted by atomic mass is 32.1. The zero-order valence-corrected chi connectivity index (χ0v) is 14.1. The Labute approximate surface area is 138 Å². The van der Waals surface area contributed by atoms with Crippen molar-refractivity contribution in [3.8, 4) is 5.75 Å². The monoisotopic (exact) mass is 330 g/mol. The van der Waals surface area contributed by atoms with E-state index in [4.69, 9.17) is 4.74 Å². The molecule has 1 aromatic carbocycles. The first-order chi connectivity index (χ1) is 10.9. The summed E-state index contributed by atoms with van der Waals surface area (Å²) in [6.07, 6.45) is 0. The lowest BCUT2D eigenvalue weighted by molar-refractivity contribution is -0.127. The maximum Gasteiger partial charge on any atom is 0.265 e. The maximum atomic E-state index is 12.5. The largest absolute Gasteiger partial charge is 0.490 e. The molecule has 0 fully saturated rings. The van der Waals surface area contributed by atoms with Gasteiger partial charge in [-0.3, -0.25) is 9.59 Å². The number of rotatable bonds is 2. The van der Waals surface area contributed by atoms with E-state index < -0.39 is 5.41 Å². The smallest absolute Gasteiger partial charge is 0.265 e. The Morgan fingerprint density at radius 1 is 1.35 bits per heavy atom. The molecule has 2 amide bonds. The number of anilines is 2. The zero-order chi connectivity index (χ0) is 16.6. The molecule has 2 aromatic rings. The fourth-order valence-electron chi connectivity index (χ4n) is 2.46. The van der Waals surface area contributed by atoms with Crippen molar-refractivity contribution in [1.82, 2.24) is 0 Å². The second kappa shape index (κ2) is 5.70. The van der Waals surface area contributed by atoms with Gasteiger partial charge in [-0.25, -0.2) is 0 Å². The number of carbonyl (C=O) groups is 2. The van der Waals surface area contributed by atoms with Gasteiger partial charge in [0.25, 0.3) is 5.91 Å². The van der Waals surface area contributed by atoms with Crippen LogP contribution in [-0.4, -0.2) is 25.5 Å². The van der Waals surface area contributed by atoms with E-state index in [9.17, 15) is 9.59 Å². The average molecular weight is 330 g/mol. The molecule has 5 nitrogen and oxygen atoms in total. The number of amides is 2. The summed E-state index contributed by atoms with van der Waals surface area (Å²) in [6.45, 7) is 4.04. The molecule has 120 valence electrons. The number of benzene rings is 1. The Morgan fingerprint density at radius 2 is 2.13 bits per heavy atom. The summed E-state index contributed by atoms with van der Waals surface area (Å²) in [6, 6.07) is 8.93. The lowest BCUT2D eigenvalue weighted by atomic mass is 9.93. The molecule has 0 aliphatic carbocycles. The van der Waals surface area contributed by atoms with Crippen LogP contribution in [0.15, 0.2) is 35.7 Å². The van der Waals surface area contributed by atoms with E-state index in [0.29, 0.717) is 28.6 Å². The van der Waals surface area contributed by atoms with Gasteiger partial charge in [0, 0.05) is 12.7 Å². The molecule has 2 heterocycles. The molecule has 0 radical (unpaired) electrons. The standard InChI is InChI=1S/C17H18N2O3S/c1-17(2)10-22-13-7-6-11(9-12(13)19(3)16(17)21)18-15(20)14-5-4-8-23-14/h4-9H,10H2,1-3H3,(H,18,20). The van der Waals surface area contributed by atoms with Crippen LogP contribution in [0.25, 0.3) is 0 Å². The highest BCUT2D eigenvalue weighted by molar-refractivity contribution is 7.12. The molecule has 3 rings (SSSR count). The highest BCUT2D eigenvalue weighted by Crippen LogP contribution is 2.37. The van der Waals surface area contributed by atoms with Crippen LogP contribution in [-0.2, 0) is 4.79 Å². The quantitative estimate of drug-likeness (QED) is 0.918. The number of nitrogens with one attached hydrogen (secondary N) is 1. The normalized spacial score (nSPS) is 16.3. The van der Waals surface area contributed by atoms with Crippen LogP contribution in [0.1, 0.15) is 23.5 Å². The first kappa shape index (κ1) is 15.6. The topological polar surface area (TPSA) is 58.6 Å². The number of carbonyl (C=O) groups excluding carboxylic acids is 2. The van der Waals surface area contributed by atoms with Crippen LogP contribution in [0.5, 0.6) is 5.75 Å². The Bertz CT molecular complexity index is 753. The molecule has 23 heavy (non-hydrogen) atoms. The van der Waals surface area contributed by atoms with Gasteiger partial charge in [0.2, 0.25) is 5.91 Å². The van der Waals surface area contributed by atoms with E-state index >= 15 is 0 Å². The van der Waals surface area contributed by atoms with Gasteiger partial charge in [-0.05, 0) is 43.5 Å². The van der Waals surface area contributed by atoms with Crippen molar-refractivity contribution in [2.75, 3.05) is 23.9 Å². The maximum absolute atomic E-state index is 12.5. The van der Waals surface area contributed by atoms with Crippen molar-refractivity contribution in [2.24, 2.45) is 5.41 Å². The number of hydrogen-bond donors (Lipinski definition) is 1. The van der Waals surface area contributed by atoms with Crippen molar-refractivity contribution in [3.05, 3.63) is 40.6 Å². The van der Waals surface area contributed by atoms with Gasteiger partial charge in [0.05, 0.1) is 16.0 Å². The van der Waals surface area contributed by atoms with Gasteiger partial charge in [0.1, 0.15) is 12.4 Å². The average Bonchev–Trinajstić information content (AvgIpc) is 3.04. The van der Waals surface area contributed by atoms with Crippen LogP contribution in [0.2, 0.25) is 0 Å². The summed E-state index contributed by atoms with van der Waals surface area (Å²) in [7, 11) is 1.72. The third-order valence-electron chi connectivity index (χ3n) is 3.80. The van der Waals surface area contributed by atoms with Crippen LogP contribution in [0.3, 0.4) is 0 Å². The summed E-state index contributed by atoms with van der Waals surface area (Å²) in [5, 5.41) is 4.70. The minimum atomic E-state index is -0.589. The third kappa shape index (κ3) is 2.94. The predicted molar refractivity (Wildman–Crippen MR) is 91.4 cm³/mol. The van der Waals surface area contributed by atoms with Crippen LogP contribution >= 0.6 is 11.3 Å². The third-order valence-corrected chi connectivity index (χ3v) is 4.66. The first-order valence-electron chi connectivity index (χ1n) is 7.28. The number of ether oxygens (including phenoxy) is 1. The highest BCUT2D eigenvalue weighted by Gasteiger charge is 2.36. The number of hydrogen-bond acceptors (Lipinski definition) is 4. The van der Waals surface area contributed by atoms with E-state index in [1.54, 1.807) is 36.2 Å². The molecule has 0 spiro atoms. The molecule has 0 bridgehead atoms. The fraction of sp³-hybridized carbons (Fsp3) is 0.294. The van der Waals surface area contributed by atoms with Gasteiger partial charge in [-0.1, -0.05) is 6.07 Å². The number of fused-ring (bicyclic) bond motifs is 1. The van der Waals surface area contributed by atoms with Gasteiger partial charge >= 0.3 is 0 Å². The molecule has 0 atom stereocenters. The summed E-state index contributed by atoms with van der Waals surface area (Å²) >= 11 is 1.38. The zero-order valence-electron chi connectivity index (χ0n) is 13.3. The van der Waals surface area contributed by atoms with Gasteiger partial charge in [0.15, 0.2) is 0 Å². The summed E-state index contributed by atoms with van der Waals surface area (Å²) in [5.41, 5.74) is 0.698. The molecule has 1 N–H and O–H groups in total. The molecule has 0 saturated heterocycles. The molecule has 1 aliphatic heterocycles.